The molecule has 0 atom stereocenters. The Morgan fingerprint density at radius 1 is 0.850 bits per heavy atom. The number of carbonyl (C=O) groups excluding carboxylic acids is 2. The fourth-order valence-electron chi connectivity index (χ4n) is 2.10. The standard InChI is InChI=1S/C16H19NO2S/c18-15-11-12-16(19)17(15)20-13-7-2-1-4-8-14-9-5-3-6-10-14/h3,5-6,9-12H,1-2,4,7-8,13H2. The zero-order valence-electron chi connectivity index (χ0n) is 11.5. The van der Waals surface area contributed by atoms with Crippen molar-refractivity contribution in [1.29, 1.82) is 0 Å². The van der Waals surface area contributed by atoms with Crippen LogP contribution in [0.25, 0.3) is 0 Å². The molecule has 2 amide bonds. The van der Waals surface area contributed by atoms with Crippen LogP contribution in [-0.4, -0.2) is 21.9 Å². The Morgan fingerprint density at radius 2 is 1.50 bits per heavy atom. The Labute approximate surface area is 124 Å². The Bertz CT molecular complexity index is 467. The molecule has 0 saturated carbocycles. The summed E-state index contributed by atoms with van der Waals surface area (Å²) >= 11 is 1.33. The van der Waals surface area contributed by atoms with E-state index in [2.05, 4.69) is 24.3 Å². The maximum Gasteiger partial charge on any atom is 0.263 e. The van der Waals surface area contributed by atoms with Gasteiger partial charge in [-0.2, -0.15) is 0 Å². The molecule has 0 radical (unpaired) electrons. The van der Waals surface area contributed by atoms with E-state index in [4.69, 9.17) is 0 Å². The third kappa shape index (κ3) is 4.53. The molecule has 4 heteroatoms. The topological polar surface area (TPSA) is 37.4 Å². The van der Waals surface area contributed by atoms with Crippen molar-refractivity contribution in [3.8, 4) is 0 Å². The van der Waals surface area contributed by atoms with E-state index in [9.17, 15) is 9.59 Å². The van der Waals surface area contributed by atoms with Gasteiger partial charge in [0, 0.05) is 17.9 Å². The molecule has 1 heterocycles. The highest BCUT2D eigenvalue weighted by molar-refractivity contribution is 7.98. The molecule has 1 aromatic carbocycles. The first kappa shape index (κ1) is 14.9. The van der Waals surface area contributed by atoms with Crippen LogP contribution in [0.15, 0.2) is 42.5 Å². The lowest BCUT2D eigenvalue weighted by Gasteiger charge is -2.11. The highest BCUT2D eigenvalue weighted by Gasteiger charge is 2.23. The molecule has 20 heavy (non-hydrogen) atoms. The second-order valence-electron chi connectivity index (χ2n) is 4.79. The molecule has 0 aliphatic carbocycles. The molecule has 2 rings (SSSR count). The van der Waals surface area contributed by atoms with Gasteiger partial charge in [0.2, 0.25) is 0 Å². The summed E-state index contributed by atoms with van der Waals surface area (Å²) in [5, 5.41) is 0. The lowest BCUT2D eigenvalue weighted by molar-refractivity contribution is -0.130. The molecule has 1 aromatic rings. The number of aryl methyl sites for hydroxylation is 1. The number of hydrogen-bond donors (Lipinski definition) is 0. The predicted molar refractivity (Wildman–Crippen MR) is 82.1 cm³/mol. The van der Waals surface area contributed by atoms with Gasteiger partial charge >= 0.3 is 0 Å². The normalized spacial score (nSPS) is 14.3. The Hall–Kier alpha value is -1.55. The van der Waals surface area contributed by atoms with Crippen molar-refractivity contribution in [2.75, 3.05) is 5.75 Å². The highest BCUT2D eigenvalue weighted by Crippen LogP contribution is 2.18. The number of hydrogen-bond acceptors (Lipinski definition) is 3. The van der Waals surface area contributed by atoms with Gasteiger partial charge in [0.25, 0.3) is 11.8 Å². The first-order valence-electron chi connectivity index (χ1n) is 7.00. The maximum atomic E-state index is 11.3. The van der Waals surface area contributed by atoms with Gasteiger partial charge in [0.15, 0.2) is 0 Å². The van der Waals surface area contributed by atoms with Gasteiger partial charge < -0.3 is 0 Å². The molecule has 106 valence electrons. The third-order valence-electron chi connectivity index (χ3n) is 3.19. The van der Waals surface area contributed by atoms with Crippen LogP contribution in [-0.2, 0) is 16.0 Å². The number of carbonyl (C=O) groups is 2. The minimum Gasteiger partial charge on any atom is -0.268 e. The van der Waals surface area contributed by atoms with Crippen molar-refractivity contribution < 1.29 is 9.59 Å². The summed E-state index contributed by atoms with van der Waals surface area (Å²) in [7, 11) is 0. The summed E-state index contributed by atoms with van der Waals surface area (Å²) in [5.41, 5.74) is 1.39. The molecule has 1 aliphatic rings. The summed E-state index contributed by atoms with van der Waals surface area (Å²) in [6, 6.07) is 10.5. The van der Waals surface area contributed by atoms with Crippen molar-refractivity contribution in [3.63, 3.8) is 0 Å². The smallest absolute Gasteiger partial charge is 0.263 e. The quantitative estimate of drug-likeness (QED) is 0.418. The average Bonchev–Trinajstić information content (AvgIpc) is 2.79. The van der Waals surface area contributed by atoms with E-state index in [0.29, 0.717) is 0 Å². The Kier molecular flexibility index (Phi) is 5.87. The fraction of sp³-hybridized carbons (Fsp3) is 0.375. The fourth-order valence-corrected chi connectivity index (χ4v) is 2.99. The summed E-state index contributed by atoms with van der Waals surface area (Å²) in [6.07, 6.45) is 8.35. The minimum absolute atomic E-state index is 0.205. The Balaban J connectivity index is 1.50. The number of unbranched alkanes of at least 4 members (excludes halogenated alkanes) is 3. The van der Waals surface area contributed by atoms with Crippen molar-refractivity contribution in [1.82, 2.24) is 4.31 Å². The van der Waals surface area contributed by atoms with E-state index >= 15 is 0 Å². The number of nitrogens with zero attached hydrogens (tertiary/aromatic N) is 1. The number of rotatable bonds is 8. The van der Waals surface area contributed by atoms with Gasteiger partial charge in [-0.1, -0.05) is 43.2 Å². The van der Waals surface area contributed by atoms with Crippen LogP contribution in [0.2, 0.25) is 0 Å². The minimum atomic E-state index is -0.205. The van der Waals surface area contributed by atoms with E-state index in [0.717, 1.165) is 25.0 Å². The van der Waals surface area contributed by atoms with Gasteiger partial charge in [0.05, 0.1) is 0 Å². The summed E-state index contributed by atoms with van der Waals surface area (Å²) < 4.78 is 1.24. The molecule has 0 fully saturated rings. The second kappa shape index (κ2) is 7.90. The van der Waals surface area contributed by atoms with Crippen LogP contribution in [0.4, 0.5) is 0 Å². The maximum absolute atomic E-state index is 11.3. The van der Waals surface area contributed by atoms with E-state index in [-0.39, 0.29) is 11.8 Å². The first-order chi connectivity index (χ1) is 9.77. The molecular weight excluding hydrogens is 270 g/mol. The van der Waals surface area contributed by atoms with Gasteiger partial charge in [-0.05, 0) is 36.8 Å². The zero-order valence-corrected chi connectivity index (χ0v) is 12.3. The average molecular weight is 289 g/mol. The summed E-state index contributed by atoms with van der Waals surface area (Å²) in [5.74, 6) is 0.415. The van der Waals surface area contributed by atoms with Gasteiger partial charge in [-0.25, -0.2) is 4.31 Å². The van der Waals surface area contributed by atoms with E-state index in [1.165, 1.54) is 46.8 Å². The monoisotopic (exact) mass is 289 g/mol. The predicted octanol–water partition coefficient (Wildman–Crippen LogP) is 3.36. The highest BCUT2D eigenvalue weighted by atomic mass is 32.2. The molecule has 0 unspecified atom stereocenters. The number of imide groups is 1. The molecule has 0 spiro atoms. The van der Waals surface area contributed by atoms with Crippen LogP contribution < -0.4 is 0 Å². The molecule has 1 aliphatic heterocycles. The molecule has 0 N–H and O–H groups in total. The van der Waals surface area contributed by atoms with Crippen LogP contribution in [0.5, 0.6) is 0 Å². The van der Waals surface area contributed by atoms with Crippen molar-refractivity contribution >= 4 is 23.8 Å². The van der Waals surface area contributed by atoms with Gasteiger partial charge in [-0.3, -0.25) is 9.59 Å². The van der Waals surface area contributed by atoms with Crippen molar-refractivity contribution in [2.45, 2.75) is 32.1 Å². The Morgan fingerprint density at radius 3 is 2.20 bits per heavy atom. The summed E-state index contributed by atoms with van der Waals surface area (Å²) in [6.45, 7) is 0. The second-order valence-corrected chi connectivity index (χ2v) is 5.82. The van der Waals surface area contributed by atoms with Crippen molar-refractivity contribution in [2.24, 2.45) is 0 Å². The zero-order chi connectivity index (χ0) is 14.2. The lowest BCUT2D eigenvalue weighted by Crippen LogP contribution is -2.22. The van der Waals surface area contributed by atoms with Crippen LogP contribution >= 0.6 is 11.9 Å². The van der Waals surface area contributed by atoms with E-state index in [1.54, 1.807) is 0 Å². The van der Waals surface area contributed by atoms with Crippen LogP contribution in [0.1, 0.15) is 31.2 Å². The SMILES string of the molecule is O=C1C=CC(=O)N1SCCCCCCc1ccccc1. The van der Waals surface area contributed by atoms with Gasteiger partial charge in [0.1, 0.15) is 0 Å². The molecule has 3 nitrogen and oxygen atoms in total. The van der Waals surface area contributed by atoms with E-state index < -0.39 is 0 Å². The largest absolute Gasteiger partial charge is 0.268 e. The summed E-state index contributed by atoms with van der Waals surface area (Å²) in [4.78, 5) is 22.6. The molecule has 0 saturated heterocycles. The van der Waals surface area contributed by atoms with Gasteiger partial charge in [-0.15, -0.1) is 0 Å². The molecule has 0 aromatic heterocycles. The van der Waals surface area contributed by atoms with Crippen LogP contribution in [0, 0.1) is 0 Å². The van der Waals surface area contributed by atoms with Crippen LogP contribution in [0.3, 0.4) is 0 Å². The van der Waals surface area contributed by atoms with Crippen molar-refractivity contribution in [3.05, 3.63) is 48.0 Å². The number of amides is 2. The van der Waals surface area contributed by atoms with E-state index in [1.807, 2.05) is 6.07 Å². The number of benzene rings is 1. The molecular formula is C16H19NO2S. The first-order valence-corrected chi connectivity index (χ1v) is 7.94. The third-order valence-corrected chi connectivity index (χ3v) is 4.28. The lowest BCUT2D eigenvalue weighted by atomic mass is 10.1. The molecule has 0 bridgehead atoms.